The van der Waals surface area contributed by atoms with Gasteiger partial charge in [-0.25, -0.2) is 8.42 Å². The summed E-state index contributed by atoms with van der Waals surface area (Å²) in [5.41, 5.74) is 1.96. The van der Waals surface area contributed by atoms with Crippen molar-refractivity contribution in [2.75, 3.05) is 0 Å². The largest absolute Gasteiger partial charge is 1.00 e. The molecule has 2 aromatic rings. The molecule has 0 aliphatic carbocycles. The summed E-state index contributed by atoms with van der Waals surface area (Å²) in [4.78, 5) is -0.104. The van der Waals surface area contributed by atoms with Gasteiger partial charge in [-0.1, -0.05) is 38.1 Å². The minimum atomic E-state index is -4.44. The normalized spacial score (nSPS) is 11.3. The molecule has 0 aromatic heterocycles. The summed E-state index contributed by atoms with van der Waals surface area (Å²) in [6, 6.07) is 8.81. The number of fused-ring (bicyclic) bond motifs is 1. The zero-order valence-electron chi connectivity index (χ0n) is 11.4. The average Bonchev–Trinajstić information content (AvgIpc) is 2.35. The molecule has 2 aromatic carbocycles. The van der Waals surface area contributed by atoms with Gasteiger partial charge < -0.3 is 4.55 Å². The minimum absolute atomic E-state index is 0. The van der Waals surface area contributed by atoms with Gasteiger partial charge in [0.2, 0.25) is 0 Å². The maximum Gasteiger partial charge on any atom is 1.00 e. The molecule has 0 atom stereocenters. The number of hydrogen-bond donors (Lipinski definition) is 0. The Labute approximate surface area is 136 Å². The van der Waals surface area contributed by atoms with Crippen molar-refractivity contribution in [3.8, 4) is 0 Å². The molecule has 3 nitrogen and oxygen atoms in total. The first kappa shape index (κ1) is 16.7. The molecular formula is C14H15NaO3S. The van der Waals surface area contributed by atoms with Crippen LogP contribution in [0, 0.1) is 0 Å². The van der Waals surface area contributed by atoms with Crippen LogP contribution in [0.25, 0.3) is 10.8 Å². The Morgan fingerprint density at radius 3 is 2.16 bits per heavy atom. The van der Waals surface area contributed by atoms with Gasteiger partial charge in [0, 0.05) is 5.39 Å². The third kappa shape index (κ3) is 3.20. The second-order valence-electron chi connectivity index (χ2n) is 4.22. The van der Waals surface area contributed by atoms with Crippen LogP contribution in [0.4, 0.5) is 0 Å². The molecule has 0 radical (unpaired) electrons. The fourth-order valence-electron chi connectivity index (χ4n) is 2.32. The molecule has 0 spiro atoms. The molecule has 0 N–H and O–H groups in total. The van der Waals surface area contributed by atoms with Crippen LogP contribution in [-0.2, 0) is 23.0 Å². The number of rotatable bonds is 3. The van der Waals surface area contributed by atoms with Crippen molar-refractivity contribution in [3.05, 3.63) is 41.5 Å². The molecule has 5 heteroatoms. The Morgan fingerprint density at radius 1 is 1.00 bits per heavy atom. The van der Waals surface area contributed by atoms with E-state index >= 15 is 0 Å². The predicted molar refractivity (Wildman–Crippen MR) is 70.7 cm³/mol. The minimum Gasteiger partial charge on any atom is -0.744 e. The van der Waals surface area contributed by atoms with E-state index in [0.717, 1.165) is 22.9 Å². The van der Waals surface area contributed by atoms with Crippen molar-refractivity contribution in [1.82, 2.24) is 0 Å². The van der Waals surface area contributed by atoms with Crippen LogP contribution < -0.4 is 29.6 Å². The molecule has 0 aliphatic rings. The van der Waals surface area contributed by atoms with Crippen LogP contribution >= 0.6 is 0 Å². The van der Waals surface area contributed by atoms with Crippen molar-refractivity contribution in [3.63, 3.8) is 0 Å². The van der Waals surface area contributed by atoms with Gasteiger partial charge in [0.1, 0.15) is 10.1 Å². The molecule has 0 saturated carbocycles. The second-order valence-corrected chi connectivity index (χ2v) is 5.57. The molecule has 0 bridgehead atoms. The molecule has 96 valence electrons. The Balaban J connectivity index is 0.00000180. The second kappa shape index (κ2) is 6.37. The first-order chi connectivity index (χ1) is 8.49. The van der Waals surface area contributed by atoms with Crippen LogP contribution in [0.1, 0.15) is 25.0 Å². The van der Waals surface area contributed by atoms with Crippen molar-refractivity contribution < 1.29 is 42.5 Å². The average molecular weight is 286 g/mol. The summed E-state index contributed by atoms with van der Waals surface area (Å²) in [5, 5.41) is 1.46. The molecule has 0 amide bonds. The van der Waals surface area contributed by atoms with E-state index in [0.29, 0.717) is 11.8 Å². The van der Waals surface area contributed by atoms with E-state index in [9.17, 15) is 13.0 Å². The molecular weight excluding hydrogens is 271 g/mol. The van der Waals surface area contributed by atoms with Crippen LogP contribution in [0.15, 0.2) is 35.2 Å². The zero-order valence-corrected chi connectivity index (χ0v) is 14.3. The molecule has 2 rings (SSSR count). The molecule has 19 heavy (non-hydrogen) atoms. The molecule has 0 unspecified atom stereocenters. The van der Waals surface area contributed by atoms with Crippen LogP contribution in [0.5, 0.6) is 0 Å². The SMILES string of the molecule is CCc1ccc(S(=O)(=O)[O-])c2c(CC)cccc12.[Na+]. The Morgan fingerprint density at radius 2 is 1.63 bits per heavy atom. The van der Waals surface area contributed by atoms with E-state index in [2.05, 4.69) is 0 Å². The van der Waals surface area contributed by atoms with Gasteiger partial charge >= 0.3 is 29.6 Å². The summed E-state index contributed by atoms with van der Waals surface area (Å²) < 4.78 is 34.1. The van der Waals surface area contributed by atoms with Gasteiger partial charge in [-0.2, -0.15) is 0 Å². The van der Waals surface area contributed by atoms with Gasteiger partial charge in [-0.3, -0.25) is 0 Å². The smallest absolute Gasteiger partial charge is 0.744 e. The molecule has 0 fully saturated rings. The van der Waals surface area contributed by atoms with Gasteiger partial charge in [-0.05, 0) is 35.4 Å². The van der Waals surface area contributed by atoms with E-state index in [-0.39, 0.29) is 34.5 Å². The fraction of sp³-hybridized carbons (Fsp3) is 0.286. The number of benzene rings is 2. The van der Waals surface area contributed by atoms with E-state index in [1.165, 1.54) is 6.07 Å². The van der Waals surface area contributed by atoms with E-state index in [1.807, 2.05) is 32.0 Å². The number of hydrogen-bond acceptors (Lipinski definition) is 3. The standard InChI is InChI=1S/C14H16O3S.Na/c1-3-10-8-9-13(18(15,16)17)14-11(4-2)6-5-7-12(10)14;/h5-9H,3-4H2,1-2H3,(H,15,16,17);/q;+1/p-1. The Bertz CT molecular complexity index is 693. The zero-order chi connectivity index (χ0) is 13.3. The molecule has 0 saturated heterocycles. The summed E-state index contributed by atoms with van der Waals surface area (Å²) >= 11 is 0. The first-order valence-corrected chi connectivity index (χ1v) is 7.39. The number of aryl methyl sites for hydroxylation is 2. The van der Waals surface area contributed by atoms with E-state index in [1.54, 1.807) is 6.07 Å². The fourth-order valence-corrected chi connectivity index (χ4v) is 3.05. The maximum atomic E-state index is 11.4. The molecule has 0 heterocycles. The van der Waals surface area contributed by atoms with Gasteiger partial charge in [0.05, 0.1) is 4.90 Å². The summed E-state index contributed by atoms with van der Waals surface area (Å²) in [7, 11) is -4.44. The monoisotopic (exact) mass is 286 g/mol. The molecule has 0 aliphatic heterocycles. The maximum absolute atomic E-state index is 11.4. The Kier molecular flexibility index (Phi) is 5.59. The topological polar surface area (TPSA) is 57.2 Å². The third-order valence-electron chi connectivity index (χ3n) is 3.21. The van der Waals surface area contributed by atoms with Crippen molar-refractivity contribution in [2.24, 2.45) is 0 Å². The summed E-state index contributed by atoms with van der Waals surface area (Å²) in [6.07, 6.45) is 1.51. The first-order valence-electron chi connectivity index (χ1n) is 5.98. The van der Waals surface area contributed by atoms with Crippen LogP contribution in [0.2, 0.25) is 0 Å². The van der Waals surface area contributed by atoms with Gasteiger partial charge in [-0.15, -0.1) is 0 Å². The van der Waals surface area contributed by atoms with E-state index < -0.39 is 10.1 Å². The quantitative estimate of drug-likeness (QED) is 0.583. The summed E-state index contributed by atoms with van der Waals surface area (Å²) in [5.74, 6) is 0. The van der Waals surface area contributed by atoms with Crippen molar-refractivity contribution in [1.29, 1.82) is 0 Å². The van der Waals surface area contributed by atoms with Gasteiger partial charge in [0.15, 0.2) is 0 Å². The van der Waals surface area contributed by atoms with Crippen LogP contribution in [-0.4, -0.2) is 13.0 Å². The van der Waals surface area contributed by atoms with Crippen molar-refractivity contribution >= 4 is 20.9 Å². The van der Waals surface area contributed by atoms with Crippen LogP contribution in [0.3, 0.4) is 0 Å². The summed E-state index contributed by atoms with van der Waals surface area (Å²) in [6.45, 7) is 3.97. The third-order valence-corrected chi connectivity index (χ3v) is 4.09. The van der Waals surface area contributed by atoms with E-state index in [4.69, 9.17) is 0 Å². The van der Waals surface area contributed by atoms with Gasteiger partial charge in [0.25, 0.3) is 0 Å². The van der Waals surface area contributed by atoms with Crippen molar-refractivity contribution in [2.45, 2.75) is 31.6 Å². The predicted octanol–water partition coefficient (Wildman–Crippen LogP) is -0.127. The Hall–Kier alpha value is -0.390.